The van der Waals surface area contributed by atoms with E-state index in [2.05, 4.69) is 15.2 Å². The Hall–Kier alpha value is -1.72. The summed E-state index contributed by atoms with van der Waals surface area (Å²) in [5.74, 6) is 0. The van der Waals surface area contributed by atoms with Crippen molar-refractivity contribution in [2.45, 2.75) is 31.8 Å². The quantitative estimate of drug-likeness (QED) is 0.919. The van der Waals surface area contributed by atoms with Crippen LogP contribution < -0.4 is 10.9 Å². The molecule has 5 heteroatoms. The Morgan fingerprint density at radius 2 is 2.29 bits per heavy atom. The number of rotatable bonds is 4. The lowest BCUT2D eigenvalue weighted by Gasteiger charge is -2.35. The van der Waals surface area contributed by atoms with Gasteiger partial charge in [0, 0.05) is 31.4 Å². The minimum absolute atomic E-state index is 0.00206. The number of hydrogen-bond acceptors (Lipinski definition) is 4. The Morgan fingerprint density at radius 1 is 1.38 bits per heavy atom. The van der Waals surface area contributed by atoms with Gasteiger partial charge in [0.2, 0.25) is 0 Å². The predicted molar refractivity (Wildman–Crippen MR) is 83.4 cm³/mol. The molecule has 3 rings (SSSR count). The molecule has 1 aliphatic heterocycles. The summed E-state index contributed by atoms with van der Waals surface area (Å²) in [6.45, 7) is 2.84. The smallest absolute Gasteiger partial charge is 0.258 e. The Kier molecular flexibility index (Phi) is 4.31. The van der Waals surface area contributed by atoms with Crippen LogP contribution in [0.25, 0.3) is 5.65 Å². The number of likely N-dealkylation sites (N-methyl/N-ethyl adjacent to an activating group) is 1. The van der Waals surface area contributed by atoms with Gasteiger partial charge in [-0.05, 0) is 38.6 Å². The van der Waals surface area contributed by atoms with E-state index in [1.165, 1.54) is 19.3 Å². The van der Waals surface area contributed by atoms with Crippen LogP contribution in [0.5, 0.6) is 0 Å². The lowest BCUT2D eigenvalue weighted by Crippen LogP contribution is -2.44. The molecule has 112 valence electrons. The molecule has 2 aromatic rings. The van der Waals surface area contributed by atoms with Gasteiger partial charge in [-0.1, -0.05) is 12.5 Å². The standard InChI is InChI=1S/C16H22N4O/c1-17-11-14-6-2-4-8-19(14)12-13-10-16(21)20-9-5-3-7-15(20)18-13/h3,5,7,9-10,14,17H,2,4,6,8,11-12H2,1H3. The first kappa shape index (κ1) is 14.2. The molecule has 0 radical (unpaired) electrons. The molecule has 3 heterocycles. The van der Waals surface area contributed by atoms with E-state index >= 15 is 0 Å². The van der Waals surface area contributed by atoms with Crippen molar-refractivity contribution < 1.29 is 0 Å². The van der Waals surface area contributed by atoms with Crippen molar-refractivity contribution in [1.82, 2.24) is 19.6 Å². The molecule has 0 aromatic carbocycles. The van der Waals surface area contributed by atoms with Crippen LogP contribution in [0, 0.1) is 0 Å². The van der Waals surface area contributed by atoms with Gasteiger partial charge < -0.3 is 5.32 Å². The lowest BCUT2D eigenvalue weighted by atomic mass is 10.0. The lowest BCUT2D eigenvalue weighted by molar-refractivity contribution is 0.137. The van der Waals surface area contributed by atoms with Crippen LogP contribution >= 0.6 is 0 Å². The average Bonchev–Trinajstić information content (AvgIpc) is 2.50. The zero-order valence-electron chi connectivity index (χ0n) is 12.5. The molecule has 0 spiro atoms. The molecule has 1 saturated heterocycles. The van der Waals surface area contributed by atoms with Crippen molar-refractivity contribution in [2.24, 2.45) is 0 Å². The molecule has 0 amide bonds. The van der Waals surface area contributed by atoms with Gasteiger partial charge in [0.1, 0.15) is 5.65 Å². The van der Waals surface area contributed by atoms with Gasteiger partial charge >= 0.3 is 0 Å². The highest BCUT2D eigenvalue weighted by atomic mass is 16.1. The van der Waals surface area contributed by atoms with Gasteiger partial charge in [-0.2, -0.15) is 0 Å². The Bertz CT molecular complexity index is 665. The summed E-state index contributed by atoms with van der Waals surface area (Å²) >= 11 is 0. The summed E-state index contributed by atoms with van der Waals surface area (Å²) in [4.78, 5) is 19.2. The van der Waals surface area contributed by atoms with E-state index in [9.17, 15) is 4.79 Å². The van der Waals surface area contributed by atoms with E-state index in [1.54, 1.807) is 16.7 Å². The fourth-order valence-electron chi connectivity index (χ4n) is 3.13. The monoisotopic (exact) mass is 286 g/mol. The highest BCUT2D eigenvalue weighted by molar-refractivity contribution is 5.37. The number of fused-ring (bicyclic) bond motifs is 1. The van der Waals surface area contributed by atoms with E-state index in [4.69, 9.17) is 0 Å². The molecule has 0 saturated carbocycles. The first-order valence-electron chi connectivity index (χ1n) is 7.64. The summed E-state index contributed by atoms with van der Waals surface area (Å²) in [5, 5.41) is 3.27. The highest BCUT2D eigenvalue weighted by Gasteiger charge is 2.22. The topological polar surface area (TPSA) is 49.6 Å². The molecular formula is C16H22N4O. The number of hydrogen-bond donors (Lipinski definition) is 1. The number of nitrogens with one attached hydrogen (secondary N) is 1. The first-order valence-corrected chi connectivity index (χ1v) is 7.64. The van der Waals surface area contributed by atoms with Gasteiger partial charge in [-0.25, -0.2) is 4.98 Å². The van der Waals surface area contributed by atoms with Crippen LogP contribution in [-0.4, -0.2) is 40.5 Å². The van der Waals surface area contributed by atoms with Gasteiger partial charge in [0.25, 0.3) is 5.56 Å². The zero-order valence-corrected chi connectivity index (χ0v) is 12.5. The third-order valence-corrected chi connectivity index (χ3v) is 4.18. The predicted octanol–water partition coefficient (Wildman–Crippen LogP) is 1.27. The Balaban J connectivity index is 1.85. The van der Waals surface area contributed by atoms with Gasteiger partial charge in [-0.3, -0.25) is 14.1 Å². The minimum atomic E-state index is -0.00206. The van der Waals surface area contributed by atoms with Crippen molar-refractivity contribution in [3.63, 3.8) is 0 Å². The maximum Gasteiger partial charge on any atom is 0.258 e. The Morgan fingerprint density at radius 3 is 3.14 bits per heavy atom. The van der Waals surface area contributed by atoms with Crippen LogP contribution in [0.15, 0.2) is 35.3 Å². The first-order chi connectivity index (χ1) is 10.3. The Labute approximate surface area is 124 Å². The number of likely N-dealkylation sites (tertiary alicyclic amines) is 1. The zero-order chi connectivity index (χ0) is 14.7. The third kappa shape index (κ3) is 3.14. The van der Waals surface area contributed by atoms with E-state index in [0.29, 0.717) is 6.04 Å². The number of piperidine rings is 1. The van der Waals surface area contributed by atoms with E-state index < -0.39 is 0 Å². The van der Waals surface area contributed by atoms with Crippen LogP contribution in [0.4, 0.5) is 0 Å². The van der Waals surface area contributed by atoms with Gasteiger partial charge in [0.05, 0.1) is 5.69 Å². The van der Waals surface area contributed by atoms with Crippen molar-refractivity contribution in [1.29, 1.82) is 0 Å². The molecule has 21 heavy (non-hydrogen) atoms. The van der Waals surface area contributed by atoms with Crippen LogP contribution in [0.1, 0.15) is 25.0 Å². The maximum atomic E-state index is 12.1. The second-order valence-corrected chi connectivity index (χ2v) is 5.69. The summed E-state index contributed by atoms with van der Waals surface area (Å²) in [5.41, 5.74) is 1.59. The number of pyridine rings is 1. The second-order valence-electron chi connectivity index (χ2n) is 5.69. The average molecular weight is 286 g/mol. The molecule has 0 bridgehead atoms. The third-order valence-electron chi connectivity index (χ3n) is 4.18. The fourth-order valence-corrected chi connectivity index (χ4v) is 3.13. The van der Waals surface area contributed by atoms with E-state index in [0.717, 1.165) is 31.0 Å². The molecule has 2 aromatic heterocycles. The molecule has 1 atom stereocenters. The normalized spacial score (nSPS) is 20.0. The molecule has 1 unspecified atom stereocenters. The number of nitrogens with zero attached hydrogens (tertiary/aromatic N) is 3. The summed E-state index contributed by atoms with van der Waals surface area (Å²) in [7, 11) is 1.99. The van der Waals surface area contributed by atoms with Crippen molar-refractivity contribution >= 4 is 5.65 Å². The van der Waals surface area contributed by atoms with Crippen LogP contribution in [0.2, 0.25) is 0 Å². The maximum absolute atomic E-state index is 12.1. The molecule has 1 N–H and O–H groups in total. The van der Waals surface area contributed by atoms with Crippen LogP contribution in [-0.2, 0) is 6.54 Å². The van der Waals surface area contributed by atoms with Crippen molar-refractivity contribution in [3.8, 4) is 0 Å². The largest absolute Gasteiger partial charge is 0.318 e. The summed E-state index contributed by atoms with van der Waals surface area (Å²) in [6, 6.07) is 7.85. The summed E-state index contributed by atoms with van der Waals surface area (Å²) in [6.07, 6.45) is 5.50. The molecule has 1 fully saturated rings. The SMILES string of the molecule is CNCC1CCCCN1Cc1cc(=O)n2ccccc2n1. The fraction of sp³-hybridized carbons (Fsp3) is 0.500. The highest BCUT2D eigenvalue weighted by Crippen LogP contribution is 2.18. The van der Waals surface area contributed by atoms with Gasteiger partial charge in [-0.15, -0.1) is 0 Å². The second kappa shape index (κ2) is 6.37. The van der Waals surface area contributed by atoms with Crippen molar-refractivity contribution in [3.05, 3.63) is 46.5 Å². The minimum Gasteiger partial charge on any atom is -0.318 e. The molecule has 1 aliphatic rings. The molecular weight excluding hydrogens is 264 g/mol. The van der Waals surface area contributed by atoms with E-state index in [-0.39, 0.29) is 5.56 Å². The molecule has 0 aliphatic carbocycles. The molecule has 5 nitrogen and oxygen atoms in total. The summed E-state index contributed by atoms with van der Waals surface area (Å²) < 4.78 is 1.59. The van der Waals surface area contributed by atoms with Crippen molar-refractivity contribution in [2.75, 3.05) is 20.1 Å². The number of aromatic nitrogens is 2. The van der Waals surface area contributed by atoms with E-state index in [1.807, 2.05) is 25.2 Å². The van der Waals surface area contributed by atoms with Gasteiger partial charge in [0.15, 0.2) is 0 Å². The van der Waals surface area contributed by atoms with Crippen LogP contribution in [0.3, 0.4) is 0 Å².